The van der Waals surface area contributed by atoms with Crippen molar-refractivity contribution >= 4 is 38.9 Å². The van der Waals surface area contributed by atoms with E-state index in [0.29, 0.717) is 25.3 Å². The molecule has 1 atom stereocenters. The van der Waals surface area contributed by atoms with E-state index >= 15 is 0 Å². The van der Waals surface area contributed by atoms with Crippen LogP contribution in [0.3, 0.4) is 0 Å². The molecule has 2 amide bonds. The summed E-state index contributed by atoms with van der Waals surface area (Å²) in [6, 6.07) is 13.6. The molecule has 0 aromatic heterocycles. The molecule has 180 valence electrons. The van der Waals surface area contributed by atoms with Gasteiger partial charge in [-0.1, -0.05) is 18.2 Å². The average Bonchev–Trinajstić information content (AvgIpc) is 3.68. The lowest BCUT2D eigenvalue weighted by Crippen LogP contribution is -2.52. The first kappa shape index (κ1) is 22.7. The predicted octanol–water partition coefficient (Wildman–Crippen LogP) is 3.31. The molecule has 34 heavy (non-hydrogen) atoms. The van der Waals surface area contributed by atoms with E-state index in [0.717, 1.165) is 35.3 Å². The van der Waals surface area contributed by atoms with Crippen LogP contribution >= 0.6 is 0 Å². The molecule has 8 nitrogen and oxygen atoms in total. The van der Waals surface area contributed by atoms with Gasteiger partial charge in [-0.15, -0.1) is 0 Å². The first-order chi connectivity index (χ1) is 16.3. The van der Waals surface area contributed by atoms with E-state index in [1.807, 2.05) is 54.3 Å². The van der Waals surface area contributed by atoms with Crippen LogP contribution in [-0.4, -0.2) is 64.7 Å². The van der Waals surface area contributed by atoms with Crippen LogP contribution in [-0.2, 0) is 19.4 Å². The minimum atomic E-state index is -2.93. The lowest BCUT2D eigenvalue weighted by molar-refractivity contribution is -0.119. The molecule has 0 N–H and O–H groups in total. The largest absolute Gasteiger partial charge is 0.452 e. The van der Waals surface area contributed by atoms with E-state index in [9.17, 15) is 18.0 Å². The first-order valence-corrected chi connectivity index (χ1v) is 13.5. The zero-order valence-corrected chi connectivity index (χ0v) is 20.3. The van der Waals surface area contributed by atoms with E-state index in [1.54, 1.807) is 4.90 Å². The Hall–Kier alpha value is -3.07. The van der Waals surface area contributed by atoms with Crippen LogP contribution in [0.4, 0.5) is 21.9 Å². The molecule has 2 aliphatic heterocycles. The van der Waals surface area contributed by atoms with Gasteiger partial charge in [0.2, 0.25) is 5.91 Å². The van der Waals surface area contributed by atoms with Crippen molar-refractivity contribution in [2.75, 3.05) is 52.9 Å². The van der Waals surface area contributed by atoms with Crippen molar-refractivity contribution in [2.45, 2.75) is 25.8 Å². The quantitative estimate of drug-likeness (QED) is 0.666. The Morgan fingerprint density at radius 3 is 2.21 bits per heavy atom. The topological polar surface area (TPSA) is 87.2 Å². The average molecular weight is 484 g/mol. The summed E-state index contributed by atoms with van der Waals surface area (Å²) in [7, 11) is -1.56. The number of anilines is 3. The summed E-state index contributed by atoms with van der Waals surface area (Å²) in [6.45, 7) is 3.35. The zero-order chi connectivity index (χ0) is 24.0. The van der Waals surface area contributed by atoms with Crippen LogP contribution in [0, 0.1) is 5.92 Å². The van der Waals surface area contributed by atoms with Crippen LogP contribution in [0.15, 0.2) is 42.5 Å². The maximum Gasteiger partial charge on any atom is 0.414 e. The molecule has 1 saturated heterocycles. The second-order valence-corrected chi connectivity index (χ2v) is 11.6. The number of benzene rings is 2. The summed E-state index contributed by atoms with van der Waals surface area (Å²) >= 11 is 0. The molecular formula is C25H29N3O5S. The Labute approximate surface area is 200 Å². The third-order valence-electron chi connectivity index (χ3n) is 6.89. The van der Waals surface area contributed by atoms with Gasteiger partial charge >= 0.3 is 6.09 Å². The molecule has 1 aliphatic carbocycles. The van der Waals surface area contributed by atoms with E-state index in [2.05, 4.69) is 4.90 Å². The highest BCUT2D eigenvalue weighted by atomic mass is 32.2. The molecule has 2 aromatic rings. The number of carbonyl (C=O) groups is 2. The standard InChI is InChI=1S/C25H29N3O5S/c1-17-16-27(24(29)19-3-4-19)23-15-20(7-10-22(23)28(17)25(30)33-2)18-5-8-21(9-6-18)26-11-13-34(31,32)14-12-26/h5-10,15,17,19H,3-4,11-14,16H2,1-2H3/t17-/m0/s1. The minimum Gasteiger partial charge on any atom is -0.452 e. The van der Waals surface area contributed by atoms with Crippen molar-refractivity contribution in [3.63, 3.8) is 0 Å². The summed E-state index contributed by atoms with van der Waals surface area (Å²) < 4.78 is 28.5. The Morgan fingerprint density at radius 1 is 0.941 bits per heavy atom. The summed E-state index contributed by atoms with van der Waals surface area (Å²) in [5.74, 6) is 0.546. The number of rotatable bonds is 3. The summed E-state index contributed by atoms with van der Waals surface area (Å²) in [4.78, 5) is 31.1. The van der Waals surface area contributed by atoms with Gasteiger partial charge in [0.1, 0.15) is 0 Å². The normalized spacial score (nSPS) is 21.7. The number of carbonyl (C=O) groups excluding carboxylic acids is 2. The first-order valence-electron chi connectivity index (χ1n) is 11.7. The van der Waals surface area contributed by atoms with Crippen LogP contribution in [0.1, 0.15) is 19.8 Å². The van der Waals surface area contributed by atoms with E-state index in [1.165, 1.54) is 7.11 Å². The molecule has 0 bridgehead atoms. The number of hydrogen-bond donors (Lipinski definition) is 0. The summed E-state index contributed by atoms with van der Waals surface area (Å²) in [5, 5.41) is 0. The highest BCUT2D eigenvalue weighted by molar-refractivity contribution is 7.91. The van der Waals surface area contributed by atoms with Gasteiger partial charge in [0, 0.05) is 31.2 Å². The lowest BCUT2D eigenvalue weighted by atomic mass is 10.00. The smallest absolute Gasteiger partial charge is 0.414 e. The Bertz CT molecular complexity index is 1210. The van der Waals surface area contributed by atoms with Crippen molar-refractivity contribution in [1.29, 1.82) is 0 Å². The van der Waals surface area contributed by atoms with Gasteiger partial charge in [0.25, 0.3) is 0 Å². The highest BCUT2D eigenvalue weighted by Crippen LogP contribution is 2.42. The van der Waals surface area contributed by atoms with Crippen molar-refractivity contribution < 1.29 is 22.7 Å². The fraction of sp³-hybridized carbons (Fsp3) is 0.440. The molecule has 2 heterocycles. The van der Waals surface area contributed by atoms with E-state index in [-0.39, 0.29) is 29.4 Å². The molecule has 0 radical (unpaired) electrons. The van der Waals surface area contributed by atoms with Crippen molar-refractivity contribution in [3.8, 4) is 11.1 Å². The number of hydrogen-bond acceptors (Lipinski definition) is 6. The minimum absolute atomic E-state index is 0.0704. The molecule has 2 fully saturated rings. The molecular weight excluding hydrogens is 454 g/mol. The Morgan fingerprint density at radius 2 is 1.59 bits per heavy atom. The monoisotopic (exact) mass is 483 g/mol. The van der Waals surface area contributed by atoms with Gasteiger partial charge in [-0.25, -0.2) is 13.2 Å². The van der Waals surface area contributed by atoms with Gasteiger partial charge in [-0.05, 0) is 55.2 Å². The van der Waals surface area contributed by atoms with Crippen LogP contribution < -0.4 is 14.7 Å². The van der Waals surface area contributed by atoms with Gasteiger partial charge < -0.3 is 14.5 Å². The van der Waals surface area contributed by atoms with E-state index < -0.39 is 15.9 Å². The number of amides is 2. The second kappa shape index (κ2) is 8.61. The number of nitrogens with zero attached hydrogens (tertiary/aromatic N) is 3. The Kier molecular flexibility index (Phi) is 5.75. The number of fused-ring (bicyclic) bond motifs is 1. The van der Waals surface area contributed by atoms with Gasteiger partial charge in [-0.2, -0.15) is 0 Å². The third kappa shape index (κ3) is 4.24. The molecule has 0 spiro atoms. The lowest BCUT2D eigenvalue weighted by Gasteiger charge is -2.40. The molecule has 5 rings (SSSR count). The summed E-state index contributed by atoms with van der Waals surface area (Å²) in [6.07, 6.45) is 1.39. The van der Waals surface area contributed by atoms with Crippen LogP contribution in [0.25, 0.3) is 11.1 Å². The van der Waals surface area contributed by atoms with Gasteiger partial charge in [-0.3, -0.25) is 9.69 Å². The van der Waals surface area contributed by atoms with E-state index in [4.69, 9.17) is 4.74 Å². The highest BCUT2D eigenvalue weighted by Gasteiger charge is 2.40. The second-order valence-electron chi connectivity index (χ2n) is 9.30. The maximum atomic E-state index is 13.1. The predicted molar refractivity (Wildman–Crippen MR) is 132 cm³/mol. The molecule has 9 heteroatoms. The van der Waals surface area contributed by atoms with Crippen molar-refractivity contribution in [1.82, 2.24) is 0 Å². The van der Waals surface area contributed by atoms with Crippen molar-refractivity contribution in [3.05, 3.63) is 42.5 Å². The summed E-state index contributed by atoms with van der Waals surface area (Å²) in [5.41, 5.74) is 4.32. The fourth-order valence-corrected chi connectivity index (χ4v) is 5.98. The van der Waals surface area contributed by atoms with Crippen LogP contribution in [0.5, 0.6) is 0 Å². The number of ether oxygens (including phenoxy) is 1. The zero-order valence-electron chi connectivity index (χ0n) is 19.4. The van der Waals surface area contributed by atoms with Crippen molar-refractivity contribution in [2.24, 2.45) is 5.92 Å². The van der Waals surface area contributed by atoms with Gasteiger partial charge in [0.05, 0.1) is 36.0 Å². The third-order valence-corrected chi connectivity index (χ3v) is 8.50. The molecule has 2 aromatic carbocycles. The molecule has 3 aliphatic rings. The molecule has 1 saturated carbocycles. The Balaban J connectivity index is 1.46. The SMILES string of the molecule is COC(=O)N1c2ccc(-c3ccc(N4CCS(=O)(=O)CC4)cc3)cc2N(C(=O)C2CC2)C[C@@H]1C. The number of sulfone groups is 1. The maximum absolute atomic E-state index is 13.1. The van der Waals surface area contributed by atoms with Crippen LogP contribution in [0.2, 0.25) is 0 Å². The van der Waals surface area contributed by atoms with Gasteiger partial charge in [0.15, 0.2) is 9.84 Å². The fourth-order valence-electron chi connectivity index (χ4n) is 4.78. The number of methoxy groups -OCH3 is 1. The molecule has 0 unspecified atom stereocenters.